The van der Waals surface area contributed by atoms with E-state index in [-0.39, 0.29) is 6.04 Å². The molecule has 0 amide bonds. The van der Waals surface area contributed by atoms with Crippen molar-refractivity contribution in [1.82, 2.24) is 4.90 Å². The summed E-state index contributed by atoms with van der Waals surface area (Å²) in [7, 11) is 0. The van der Waals surface area contributed by atoms with Crippen molar-refractivity contribution >= 4 is 17.7 Å². The number of hydrogen-bond donors (Lipinski definition) is 1. The molecule has 1 aliphatic heterocycles. The predicted molar refractivity (Wildman–Crippen MR) is 73.7 cm³/mol. The summed E-state index contributed by atoms with van der Waals surface area (Å²) >= 11 is 1.89. The largest absolute Gasteiger partial charge is 0.481 e. The van der Waals surface area contributed by atoms with Gasteiger partial charge in [0.05, 0.1) is 6.42 Å². The number of nitrogens with zero attached hydrogens (tertiary/aromatic N) is 1. The van der Waals surface area contributed by atoms with Crippen molar-refractivity contribution < 1.29 is 9.90 Å². The Bertz CT molecular complexity index is 235. The normalized spacial score (nSPS) is 23.5. The quantitative estimate of drug-likeness (QED) is 0.714. The third-order valence-corrected chi connectivity index (χ3v) is 4.57. The Morgan fingerprint density at radius 2 is 2.29 bits per heavy atom. The number of thioether (sulfide) groups is 1. The van der Waals surface area contributed by atoms with E-state index in [1.54, 1.807) is 0 Å². The molecule has 1 rings (SSSR count). The second-order valence-electron chi connectivity index (χ2n) is 4.91. The van der Waals surface area contributed by atoms with Gasteiger partial charge in [-0.15, -0.1) is 0 Å². The summed E-state index contributed by atoms with van der Waals surface area (Å²) in [5.74, 6) is 1.46. The van der Waals surface area contributed by atoms with E-state index < -0.39 is 5.97 Å². The van der Waals surface area contributed by atoms with E-state index in [0.717, 1.165) is 18.1 Å². The maximum Gasteiger partial charge on any atom is 0.304 e. The fourth-order valence-electron chi connectivity index (χ4n) is 2.48. The standard InChI is InChI=1S/C13H25NO2S/c1-3-4-5-6-11(2)14-7-8-17-10-12(14)9-13(15)16/h11-12H,3-10H2,1-2H3,(H,15,16). The second kappa shape index (κ2) is 7.98. The van der Waals surface area contributed by atoms with E-state index in [2.05, 4.69) is 18.7 Å². The molecule has 1 fully saturated rings. The predicted octanol–water partition coefficient (Wildman–Crippen LogP) is 2.85. The highest BCUT2D eigenvalue weighted by molar-refractivity contribution is 7.99. The topological polar surface area (TPSA) is 40.5 Å². The first-order chi connectivity index (χ1) is 8.15. The van der Waals surface area contributed by atoms with Crippen LogP contribution < -0.4 is 0 Å². The summed E-state index contributed by atoms with van der Waals surface area (Å²) < 4.78 is 0. The summed E-state index contributed by atoms with van der Waals surface area (Å²) in [4.78, 5) is 13.3. The number of carbonyl (C=O) groups is 1. The van der Waals surface area contributed by atoms with Gasteiger partial charge in [-0.05, 0) is 13.3 Å². The Balaban J connectivity index is 2.42. The average molecular weight is 259 g/mol. The van der Waals surface area contributed by atoms with Crippen molar-refractivity contribution in [2.24, 2.45) is 0 Å². The van der Waals surface area contributed by atoms with E-state index in [9.17, 15) is 4.79 Å². The molecule has 0 aromatic rings. The molecule has 1 aliphatic rings. The molecule has 0 aromatic carbocycles. The Hall–Kier alpha value is -0.220. The Morgan fingerprint density at radius 3 is 2.94 bits per heavy atom. The summed E-state index contributed by atoms with van der Waals surface area (Å²) in [5, 5.41) is 8.94. The molecule has 0 spiro atoms. The van der Waals surface area contributed by atoms with Gasteiger partial charge in [-0.2, -0.15) is 11.8 Å². The molecular weight excluding hydrogens is 234 g/mol. The molecule has 0 saturated carbocycles. The minimum atomic E-state index is -0.664. The number of aliphatic carboxylic acids is 1. The Labute approximate surface area is 109 Å². The lowest BCUT2D eigenvalue weighted by molar-refractivity contribution is -0.138. The van der Waals surface area contributed by atoms with Crippen LogP contribution in [0.15, 0.2) is 0 Å². The van der Waals surface area contributed by atoms with Crippen LogP contribution in [-0.4, -0.2) is 46.1 Å². The molecule has 3 nitrogen and oxygen atoms in total. The SMILES string of the molecule is CCCCCC(C)N1CCSCC1CC(=O)O. The molecule has 4 heteroatoms. The summed E-state index contributed by atoms with van der Waals surface area (Å²) in [6.45, 7) is 5.52. The molecule has 0 bridgehead atoms. The smallest absolute Gasteiger partial charge is 0.304 e. The van der Waals surface area contributed by atoms with Crippen molar-refractivity contribution in [3.8, 4) is 0 Å². The first kappa shape index (κ1) is 14.8. The maximum absolute atomic E-state index is 10.9. The molecule has 2 atom stereocenters. The van der Waals surface area contributed by atoms with Crippen LogP contribution >= 0.6 is 11.8 Å². The van der Waals surface area contributed by atoms with Gasteiger partial charge in [0.25, 0.3) is 0 Å². The first-order valence-electron chi connectivity index (χ1n) is 6.70. The minimum absolute atomic E-state index is 0.239. The summed E-state index contributed by atoms with van der Waals surface area (Å²) in [6.07, 6.45) is 5.30. The number of carboxylic acids is 1. The van der Waals surface area contributed by atoms with Crippen LogP contribution in [0.4, 0.5) is 0 Å². The van der Waals surface area contributed by atoms with Crippen LogP contribution in [0.3, 0.4) is 0 Å². The van der Waals surface area contributed by atoms with Crippen molar-refractivity contribution in [1.29, 1.82) is 0 Å². The molecule has 2 unspecified atom stereocenters. The highest BCUT2D eigenvalue weighted by atomic mass is 32.2. The lowest BCUT2D eigenvalue weighted by Gasteiger charge is -2.39. The average Bonchev–Trinajstić information content (AvgIpc) is 2.29. The van der Waals surface area contributed by atoms with Gasteiger partial charge in [-0.1, -0.05) is 26.2 Å². The van der Waals surface area contributed by atoms with Crippen LogP contribution in [0.2, 0.25) is 0 Å². The van der Waals surface area contributed by atoms with Gasteiger partial charge in [-0.3, -0.25) is 9.69 Å². The molecule has 1 N–H and O–H groups in total. The van der Waals surface area contributed by atoms with Gasteiger partial charge in [-0.25, -0.2) is 0 Å². The van der Waals surface area contributed by atoms with Gasteiger partial charge in [0.1, 0.15) is 0 Å². The molecular formula is C13H25NO2S. The maximum atomic E-state index is 10.9. The van der Waals surface area contributed by atoms with Gasteiger partial charge in [0.15, 0.2) is 0 Å². The van der Waals surface area contributed by atoms with E-state index in [1.165, 1.54) is 25.7 Å². The lowest BCUT2D eigenvalue weighted by atomic mass is 10.1. The van der Waals surface area contributed by atoms with Crippen LogP contribution in [0.1, 0.15) is 46.0 Å². The van der Waals surface area contributed by atoms with E-state index >= 15 is 0 Å². The monoisotopic (exact) mass is 259 g/mol. The molecule has 1 heterocycles. The first-order valence-corrected chi connectivity index (χ1v) is 7.86. The minimum Gasteiger partial charge on any atom is -0.481 e. The zero-order valence-electron chi connectivity index (χ0n) is 11.0. The fraction of sp³-hybridized carbons (Fsp3) is 0.923. The molecule has 100 valence electrons. The number of unbranched alkanes of at least 4 members (excludes halogenated alkanes) is 2. The van der Waals surface area contributed by atoms with E-state index in [4.69, 9.17) is 5.11 Å². The van der Waals surface area contributed by atoms with Crippen LogP contribution in [0.5, 0.6) is 0 Å². The lowest BCUT2D eigenvalue weighted by Crippen LogP contribution is -2.48. The molecule has 0 aromatic heterocycles. The van der Waals surface area contributed by atoms with Crippen LogP contribution in [-0.2, 0) is 4.79 Å². The molecule has 0 radical (unpaired) electrons. The zero-order chi connectivity index (χ0) is 12.7. The third-order valence-electron chi connectivity index (χ3n) is 3.47. The molecule has 17 heavy (non-hydrogen) atoms. The van der Waals surface area contributed by atoms with Crippen LogP contribution in [0, 0.1) is 0 Å². The van der Waals surface area contributed by atoms with E-state index in [1.807, 2.05) is 11.8 Å². The van der Waals surface area contributed by atoms with Crippen molar-refractivity contribution in [2.75, 3.05) is 18.1 Å². The summed E-state index contributed by atoms with van der Waals surface area (Å²) in [5.41, 5.74) is 0. The fourth-order valence-corrected chi connectivity index (χ4v) is 3.57. The zero-order valence-corrected chi connectivity index (χ0v) is 11.8. The number of carboxylic acid groups (broad SMARTS) is 1. The van der Waals surface area contributed by atoms with Gasteiger partial charge in [0, 0.05) is 30.1 Å². The number of hydrogen-bond acceptors (Lipinski definition) is 3. The third kappa shape index (κ3) is 5.30. The van der Waals surface area contributed by atoms with Crippen molar-refractivity contribution in [3.05, 3.63) is 0 Å². The van der Waals surface area contributed by atoms with Gasteiger partial charge < -0.3 is 5.11 Å². The second-order valence-corrected chi connectivity index (χ2v) is 6.06. The van der Waals surface area contributed by atoms with Crippen molar-refractivity contribution in [2.45, 2.75) is 58.0 Å². The Morgan fingerprint density at radius 1 is 1.53 bits per heavy atom. The van der Waals surface area contributed by atoms with Crippen LogP contribution in [0.25, 0.3) is 0 Å². The highest BCUT2D eigenvalue weighted by Crippen LogP contribution is 2.23. The van der Waals surface area contributed by atoms with Crippen molar-refractivity contribution in [3.63, 3.8) is 0 Å². The molecule has 1 saturated heterocycles. The van der Waals surface area contributed by atoms with E-state index in [0.29, 0.717) is 12.5 Å². The molecule has 0 aliphatic carbocycles. The van der Waals surface area contributed by atoms with Gasteiger partial charge >= 0.3 is 5.97 Å². The summed E-state index contributed by atoms with van der Waals surface area (Å²) in [6, 6.07) is 0.773. The van der Waals surface area contributed by atoms with Gasteiger partial charge in [0.2, 0.25) is 0 Å². The highest BCUT2D eigenvalue weighted by Gasteiger charge is 2.28. The Kier molecular flexibility index (Phi) is 6.97. The number of rotatable bonds is 7.